The molecule has 120 valence electrons. The molecule has 1 N–H and O–H groups in total. The summed E-state index contributed by atoms with van der Waals surface area (Å²) in [6.07, 6.45) is 1.53. The van der Waals surface area contributed by atoms with Crippen molar-refractivity contribution in [1.29, 1.82) is 0 Å². The van der Waals surface area contributed by atoms with Gasteiger partial charge in [-0.2, -0.15) is 4.31 Å². The highest BCUT2D eigenvalue weighted by atomic mass is 35.5. The molecule has 1 saturated heterocycles. The Hall–Kier alpha value is -1.18. The van der Waals surface area contributed by atoms with E-state index in [2.05, 4.69) is 0 Å². The lowest BCUT2D eigenvalue weighted by Gasteiger charge is -2.58. The van der Waals surface area contributed by atoms with E-state index in [1.165, 1.54) is 16.4 Å². The fourth-order valence-corrected chi connectivity index (χ4v) is 5.77. The predicted octanol–water partition coefficient (Wildman–Crippen LogP) is 2.35. The quantitative estimate of drug-likeness (QED) is 0.907. The summed E-state index contributed by atoms with van der Waals surface area (Å²) in [6, 6.07) is 3.77. The lowest BCUT2D eigenvalue weighted by molar-refractivity contribution is -0.142. The molecule has 1 aliphatic carbocycles. The summed E-state index contributed by atoms with van der Waals surface area (Å²) in [7, 11) is -3.94. The van der Waals surface area contributed by atoms with Crippen LogP contribution in [-0.2, 0) is 14.8 Å². The predicted molar refractivity (Wildman–Crippen MR) is 77.6 cm³/mol. The second kappa shape index (κ2) is 5.18. The third-order valence-corrected chi connectivity index (χ3v) is 6.74. The van der Waals surface area contributed by atoms with Crippen LogP contribution >= 0.6 is 11.6 Å². The summed E-state index contributed by atoms with van der Waals surface area (Å²) in [5, 5.41) is 8.61. The molecular formula is C14H15ClFNO4S. The van der Waals surface area contributed by atoms with Gasteiger partial charge in [-0.05, 0) is 36.3 Å². The number of carboxylic acids is 1. The van der Waals surface area contributed by atoms with E-state index in [4.69, 9.17) is 16.7 Å². The van der Waals surface area contributed by atoms with Crippen LogP contribution in [-0.4, -0.2) is 36.9 Å². The number of halogens is 2. The molecular weight excluding hydrogens is 333 g/mol. The Balaban J connectivity index is 1.69. The Labute approximate surface area is 132 Å². The zero-order chi connectivity index (χ0) is 16.1. The number of benzene rings is 1. The highest BCUT2D eigenvalue weighted by molar-refractivity contribution is 7.89. The third-order valence-electron chi connectivity index (χ3n) is 4.45. The highest BCUT2D eigenvalue weighted by Crippen LogP contribution is 2.54. The minimum absolute atomic E-state index is 0.111. The van der Waals surface area contributed by atoms with Crippen LogP contribution in [0.15, 0.2) is 23.1 Å². The standard InChI is InChI=1S/C14H15ClFNO4S/c15-10-2-1-3-11(16)13(10)22(20,21)17-7-14(8-17)5-9(6-14)4-12(18)19/h1-3,9H,4-8H2,(H,18,19). The molecule has 0 atom stereocenters. The van der Waals surface area contributed by atoms with Gasteiger partial charge in [-0.1, -0.05) is 17.7 Å². The Morgan fingerprint density at radius 3 is 2.59 bits per heavy atom. The second-order valence-electron chi connectivity index (χ2n) is 6.20. The van der Waals surface area contributed by atoms with Gasteiger partial charge in [-0.3, -0.25) is 4.79 Å². The molecule has 1 saturated carbocycles. The number of hydrogen-bond acceptors (Lipinski definition) is 3. The van der Waals surface area contributed by atoms with Crippen molar-refractivity contribution < 1.29 is 22.7 Å². The molecule has 1 heterocycles. The van der Waals surface area contributed by atoms with Crippen molar-refractivity contribution in [3.05, 3.63) is 29.0 Å². The van der Waals surface area contributed by atoms with Crippen molar-refractivity contribution in [2.75, 3.05) is 13.1 Å². The topological polar surface area (TPSA) is 74.7 Å². The maximum absolute atomic E-state index is 13.8. The van der Waals surface area contributed by atoms with Gasteiger partial charge in [0, 0.05) is 19.5 Å². The molecule has 8 heteroatoms. The number of rotatable bonds is 4. The van der Waals surface area contributed by atoms with Crippen LogP contribution in [0.2, 0.25) is 5.02 Å². The van der Waals surface area contributed by atoms with Crippen molar-refractivity contribution in [1.82, 2.24) is 4.31 Å². The van der Waals surface area contributed by atoms with Gasteiger partial charge in [0.2, 0.25) is 10.0 Å². The lowest BCUT2D eigenvalue weighted by atomic mass is 9.58. The van der Waals surface area contributed by atoms with Crippen LogP contribution in [0.5, 0.6) is 0 Å². The summed E-state index contributed by atoms with van der Waals surface area (Å²) in [5.74, 6) is -1.58. The first-order valence-corrected chi connectivity index (χ1v) is 8.71. The molecule has 1 aromatic rings. The molecule has 0 radical (unpaired) electrons. The Morgan fingerprint density at radius 1 is 1.41 bits per heavy atom. The van der Waals surface area contributed by atoms with Crippen LogP contribution in [0.3, 0.4) is 0 Å². The average molecular weight is 348 g/mol. The first kappa shape index (κ1) is 15.7. The smallest absolute Gasteiger partial charge is 0.303 e. The molecule has 0 bridgehead atoms. The maximum atomic E-state index is 13.8. The highest BCUT2D eigenvalue weighted by Gasteiger charge is 2.56. The van der Waals surface area contributed by atoms with Crippen molar-refractivity contribution in [2.45, 2.75) is 24.2 Å². The van der Waals surface area contributed by atoms with E-state index in [0.717, 1.165) is 6.07 Å². The van der Waals surface area contributed by atoms with Gasteiger partial charge in [-0.25, -0.2) is 12.8 Å². The minimum Gasteiger partial charge on any atom is -0.481 e. The molecule has 0 aromatic heterocycles. The average Bonchev–Trinajstić information content (AvgIpc) is 2.29. The van der Waals surface area contributed by atoms with Gasteiger partial charge in [-0.15, -0.1) is 0 Å². The van der Waals surface area contributed by atoms with Crippen LogP contribution < -0.4 is 0 Å². The van der Waals surface area contributed by atoms with Gasteiger partial charge in [0.15, 0.2) is 0 Å². The minimum atomic E-state index is -3.94. The van der Waals surface area contributed by atoms with E-state index < -0.39 is 26.7 Å². The Kier molecular flexibility index (Phi) is 3.70. The largest absolute Gasteiger partial charge is 0.481 e. The van der Waals surface area contributed by atoms with E-state index in [1.807, 2.05) is 0 Å². The number of carboxylic acid groups (broad SMARTS) is 1. The van der Waals surface area contributed by atoms with Gasteiger partial charge in [0.1, 0.15) is 10.7 Å². The van der Waals surface area contributed by atoms with Crippen molar-refractivity contribution in [3.63, 3.8) is 0 Å². The number of aliphatic carboxylic acids is 1. The molecule has 0 unspecified atom stereocenters. The van der Waals surface area contributed by atoms with E-state index in [9.17, 15) is 17.6 Å². The summed E-state index contributed by atoms with van der Waals surface area (Å²) >= 11 is 5.83. The third kappa shape index (κ3) is 2.51. The molecule has 3 rings (SSSR count). The SMILES string of the molecule is O=C(O)CC1CC2(C1)CN(S(=O)(=O)c1c(F)cccc1Cl)C2. The lowest BCUT2D eigenvalue weighted by Crippen LogP contribution is -2.63. The summed E-state index contributed by atoms with van der Waals surface area (Å²) in [5.41, 5.74) is -0.134. The molecule has 22 heavy (non-hydrogen) atoms. The van der Waals surface area contributed by atoms with Gasteiger partial charge in [0.05, 0.1) is 5.02 Å². The van der Waals surface area contributed by atoms with Crippen molar-refractivity contribution >= 4 is 27.6 Å². The van der Waals surface area contributed by atoms with E-state index >= 15 is 0 Å². The molecule has 2 fully saturated rings. The monoisotopic (exact) mass is 347 g/mol. The van der Waals surface area contributed by atoms with Crippen molar-refractivity contribution in [2.24, 2.45) is 11.3 Å². The van der Waals surface area contributed by atoms with Crippen molar-refractivity contribution in [3.8, 4) is 0 Å². The van der Waals surface area contributed by atoms with Crippen LogP contribution in [0.1, 0.15) is 19.3 Å². The summed E-state index contributed by atoms with van der Waals surface area (Å²) in [6.45, 7) is 0.603. The number of carbonyl (C=O) groups is 1. The van der Waals surface area contributed by atoms with Crippen LogP contribution in [0.25, 0.3) is 0 Å². The zero-order valence-corrected chi connectivity index (χ0v) is 13.2. The molecule has 0 amide bonds. The number of hydrogen-bond donors (Lipinski definition) is 1. The van der Waals surface area contributed by atoms with E-state index in [0.29, 0.717) is 25.9 Å². The number of sulfonamides is 1. The normalized spacial score (nSPS) is 21.4. The number of nitrogens with zero attached hydrogens (tertiary/aromatic N) is 1. The summed E-state index contributed by atoms with van der Waals surface area (Å²) in [4.78, 5) is 10.2. The molecule has 1 spiro atoms. The first-order valence-electron chi connectivity index (χ1n) is 6.89. The van der Waals surface area contributed by atoms with Crippen LogP contribution in [0, 0.1) is 17.2 Å². The van der Waals surface area contributed by atoms with E-state index in [1.54, 1.807) is 0 Å². The summed E-state index contributed by atoms with van der Waals surface area (Å²) < 4.78 is 39.9. The fourth-order valence-electron chi connectivity index (χ4n) is 3.54. The molecule has 5 nitrogen and oxygen atoms in total. The van der Waals surface area contributed by atoms with Crippen LogP contribution in [0.4, 0.5) is 4.39 Å². The molecule has 1 aliphatic heterocycles. The molecule has 1 aromatic carbocycles. The Morgan fingerprint density at radius 2 is 2.05 bits per heavy atom. The molecule has 2 aliphatic rings. The zero-order valence-electron chi connectivity index (χ0n) is 11.6. The fraction of sp³-hybridized carbons (Fsp3) is 0.500. The second-order valence-corrected chi connectivity index (χ2v) is 8.48. The van der Waals surface area contributed by atoms with Gasteiger partial charge >= 0.3 is 5.97 Å². The van der Waals surface area contributed by atoms with E-state index in [-0.39, 0.29) is 22.8 Å². The van der Waals surface area contributed by atoms with Gasteiger partial charge < -0.3 is 5.11 Å². The Bertz CT molecular complexity index is 702. The maximum Gasteiger partial charge on any atom is 0.303 e. The van der Waals surface area contributed by atoms with Gasteiger partial charge in [0.25, 0.3) is 0 Å². The first-order chi connectivity index (χ1) is 10.2.